The van der Waals surface area contributed by atoms with Crippen LogP contribution in [0.2, 0.25) is 0 Å². The smallest absolute Gasteiger partial charge is 0.243 e. The summed E-state index contributed by atoms with van der Waals surface area (Å²) >= 11 is 0. The van der Waals surface area contributed by atoms with Gasteiger partial charge in [0.25, 0.3) is 0 Å². The van der Waals surface area contributed by atoms with Gasteiger partial charge in [0.15, 0.2) is 0 Å². The molecule has 1 amide bonds. The zero-order valence-electron chi connectivity index (χ0n) is 8.96. The Balaban J connectivity index is 2.32. The van der Waals surface area contributed by atoms with Gasteiger partial charge in [-0.05, 0) is 38.4 Å². The van der Waals surface area contributed by atoms with Crippen molar-refractivity contribution in [2.45, 2.75) is 32.2 Å². The minimum atomic E-state index is -0.0478. The molecule has 3 heteroatoms. The van der Waals surface area contributed by atoms with E-state index < -0.39 is 0 Å². The quantitative estimate of drug-likeness (QED) is 0.684. The number of likely N-dealkylation sites (tertiary alicyclic amines) is 1. The summed E-state index contributed by atoms with van der Waals surface area (Å²) < 4.78 is 0. The van der Waals surface area contributed by atoms with E-state index in [0.717, 1.165) is 19.5 Å². The van der Waals surface area contributed by atoms with Gasteiger partial charge in [-0.2, -0.15) is 0 Å². The largest absolute Gasteiger partial charge is 0.349 e. The summed E-state index contributed by atoms with van der Waals surface area (Å²) in [6, 6.07) is 0.320. The van der Waals surface area contributed by atoms with Gasteiger partial charge in [-0.1, -0.05) is 13.5 Å². The molecule has 0 spiro atoms. The van der Waals surface area contributed by atoms with Gasteiger partial charge in [0.05, 0.1) is 0 Å². The van der Waals surface area contributed by atoms with Crippen molar-refractivity contribution in [2.24, 2.45) is 0 Å². The molecule has 3 nitrogen and oxygen atoms in total. The lowest BCUT2D eigenvalue weighted by molar-refractivity contribution is -0.117. The Labute approximate surface area is 86.2 Å². The highest BCUT2D eigenvalue weighted by molar-refractivity contribution is 5.87. The third kappa shape index (κ3) is 3.50. The van der Waals surface area contributed by atoms with Crippen LogP contribution in [-0.2, 0) is 4.79 Å². The Morgan fingerprint density at radius 1 is 1.71 bits per heavy atom. The van der Waals surface area contributed by atoms with E-state index in [9.17, 15) is 4.79 Å². The van der Waals surface area contributed by atoms with Gasteiger partial charge in [0, 0.05) is 12.6 Å². The first-order valence-corrected chi connectivity index (χ1v) is 5.41. The summed E-state index contributed by atoms with van der Waals surface area (Å²) in [4.78, 5) is 13.5. The minimum Gasteiger partial charge on any atom is -0.349 e. The van der Waals surface area contributed by atoms with E-state index in [4.69, 9.17) is 0 Å². The van der Waals surface area contributed by atoms with E-state index in [1.165, 1.54) is 25.5 Å². The fourth-order valence-electron chi connectivity index (χ4n) is 1.95. The lowest BCUT2D eigenvalue weighted by Gasteiger charge is -2.32. The zero-order chi connectivity index (χ0) is 10.4. The molecule has 1 heterocycles. The molecule has 0 aromatic heterocycles. The van der Waals surface area contributed by atoms with Crippen molar-refractivity contribution in [3.8, 4) is 0 Å². The summed E-state index contributed by atoms with van der Waals surface area (Å²) in [6.07, 6.45) is 4.81. The maximum absolute atomic E-state index is 11.1. The number of carbonyl (C=O) groups is 1. The molecule has 1 atom stereocenters. The van der Waals surface area contributed by atoms with E-state index in [1.807, 2.05) is 0 Å². The number of rotatable bonds is 4. The minimum absolute atomic E-state index is 0.0478. The molecule has 1 saturated heterocycles. The molecule has 1 rings (SSSR count). The van der Waals surface area contributed by atoms with Crippen molar-refractivity contribution in [1.82, 2.24) is 10.2 Å². The lowest BCUT2D eigenvalue weighted by atomic mass is 10.1. The van der Waals surface area contributed by atoms with Crippen LogP contribution in [0.25, 0.3) is 0 Å². The van der Waals surface area contributed by atoms with Crippen molar-refractivity contribution in [3.05, 3.63) is 12.7 Å². The zero-order valence-corrected chi connectivity index (χ0v) is 8.96. The van der Waals surface area contributed by atoms with Crippen LogP contribution in [0, 0.1) is 0 Å². The van der Waals surface area contributed by atoms with E-state index in [-0.39, 0.29) is 5.91 Å². The summed E-state index contributed by atoms with van der Waals surface area (Å²) in [7, 11) is 0. The molecular weight excluding hydrogens is 176 g/mol. The number of hydrogen-bond acceptors (Lipinski definition) is 2. The monoisotopic (exact) mass is 196 g/mol. The highest BCUT2D eigenvalue weighted by Crippen LogP contribution is 2.10. The van der Waals surface area contributed by atoms with E-state index in [1.54, 1.807) is 0 Å². The third-order valence-corrected chi connectivity index (χ3v) is 2.58. The SMILES string of the molecule is C=CC(=O)NC1CCCN(CCC)C1. The van der Waals surface area contributed by atoms with Crippen LogP contribution in [0.15, 0.2) is 12.7 Å². The molecule has 1 N–H and O–H groups in total. The summed E-state index contributed by atoms with van der Waals surface area (Å²) in [5.74, 6) is -0.0478. The second-order valence-corrected chi connectivity index (χ2v) is 3.85. The second kappa shape index (κ2) is 5.81. The van der Waals surface area contributed by atoms with Crippen molar-refractivity contribution < 1.29 is 4.79 Å². The molecule has 1 unspecified atom stereocenters. The van der Waals surface area contributed by atoms with Crippen LogP contribution in [0.5, 0.6) is 0 Å². The molecule has 0 aromatic rings. The molecule has 0 aromatic carbocycles. The Kier molecular flexibility index (Phi) is 4.66. The van der Waals surface area contributed by atoms with Crippen LogP contribution in [-0.4, -0.2) is 36.5 Å². The molecule has 0 aliphatic carbocycles. The average molecular weight is 196 g/mol. The molecular formula is C11H20N2O. The van der Waals surface area contributed by atoms with E-state index in [0.29, 0.717) is 6.04 Å². The Morgan fingerprint density at radius 2 is 2.50 bits per heavy atom. The molecule has 80 valence electrons. The van der Waals surface area contributed by atoms with Crippen molar-refractivity contribution in [1.29, 1.82) is 0 Å². The Bertz CT molecular complexity index is 201. The Morgan fingerprint density at radius 3 is 3.14 bits per heavy atom. The topological polar surface area (TPSA) is 32.3 Å². The second-order valence-electron chi connectivity index (χ2n) is 3.85. The Hall–Kier alpha value is -0.830. The van der Waals surface area contributed by atoms with Crippen molar-refractivity contribution >= 4 is 5.91 Å². The number of nitrogens with zero attached hydrogens (tertiary/aromatic N) is 1. The first-order chi connectivity index (χ1) is 6.76. The summed E-state index contributed by atoms with van der Waals surface area (Å²) in [5, 5.41) is 2.96. The van der Waals surface area contributed by atoms with E-state index >= 15 is 0 Å². The molecule has 0 bridgehead atoms. The van der Waals surface area contributed by atoms with Gasteiger partial charge >= 0.3 is 0 Å². The number of amides is 1. The standard InChI is InChI=1S/C11H20N2O/c1-3-7-13-8-5-6-10(9-13)12-11(14)4-2/h4,10H,2-3,5-9H2,1H3,(H,12,14). The van der Waals surface area contributed by atoms with Gasteiger partial charge < -0.3 is 10.2 Å². The van der Waals surface area contributed by atoms with Gasteiger partial charge in [-0.15, -0.1) is 0 Å². The molecule has 0 radical (unpaired) electrons. The molecule has 0 saturated carbocycles. The van der Waals surface area contributed by atoms with Crippen LogP contribution < -0.4 is 5.32 Å². The molecule has 14 heavy (non-hydrogen) atoms. The highest BCUT2D eigenvalue weighted by atomic mass is 16.1. The highest BCUT2D eigenvalue weighted by Gasteiger charge is 2.19. The molecule has 1 aliphatic heterocycles. The molecule has 1 aliphatic rings. The first-order valence-electron chi connectivity index (χ1n) is 5.41. The van der Waals surface area contributed by atoms with Crippen LogP contribution in [0.3, 0.4) is 0 Å². The van der Waals surface area contributed by atoms with Gasteiger partial charge in [-0.3, -0.25) is 4.79 Å². The van der Waals surface area contributed by atoms with Crippen molar-refractivity contribution in [2.75, 3.05) is 19.6 Å². The molecule has 1 fully saturated rings. The fraction of sp³-hybridized carbons (Fsp3) is 0.727. The van der Waals surface area contributed by atoms with E-state index in [2.05, 4.69) is 23.7 Å². The van der Waals surface area contributed by atoms with Gasteiger partial charge in [0.1, 0.15) is 0 Å². The van der Waals surface area contributed by atoms with Crippen LogP contribution in [0.1, 0.15) is 26.2 Å². The average Bonchev–Trinajstić information content (AvgIpc) is 2.19. The fourth-order valence-corrected chi connectivity index (χ4v) is 1.95. The third-order valence-electron chi connectivity index (χ3n) is 2.58. The summed E-state index contributed by atoms with van der Waals surface area (Å²) in [5.41, 5.74) is 0. The maximum Gasteiger partial charge on any atom is 0.243 e. The number of hydrogen-bond donors (Lipinski definition) is 1. The predicted molar refractivity (Wildman–Crippen MR) is 58.1 cm³/mol. The lowest BCUT2D eigenvalue weighted by Crippen LogP contribution is -2.47. The van der Waals surface area contributed by atoms with Crippen LogP contribution >= 0.6 is 0 Å². The number of piperidine rings is 1. The number of nitrogens with one attached hydrogen (secondary N) is 1. The number of carbonyl (C=O) groups excluding carboxylic acids is 1. The first kappa shape index (κ1) is 11.2. The van der Waals surface area contributed by atoms with Crippen LogP contribution in [0.4, 0.5) is 0 Å². The predicted octanol–water partition coefficient (Wildman–Crippen LogP) is 1.16. The summed E-state index contributed by atoms with van der Waals surface area (Å²) in [6.45, 7) is 8.95. The van der Waals surface area contributed by atoms with Crippen molar-refractivity contribution in [3.63, 3.8) is 0 Å². The maximum atomic E-state index is 11.1. The van der Waals surface area contributed by atoms with Gasteiger partial charge in [0.2, 0.25) is 5.91 Å². The van der Waals surface area contributed by atoms with Gasteiger partial charge in [-0.25, -0.2) is 0 Å². The normalized spacial score (nSPS) is 23.1.